The predicted molar refractivity (Wildman–Crippen MR) is 86.4 cm³/mol. The number of hydrogen-bond acceptors (Lipinski definition) is 2. The average Bonchev–Trinajstić information content (AvgIpc) is 2.67. The molecule has 1 fully saturated rings. The molecule has 1 heterocycles. The highest BCUT2D eigenvalue weighted by Crippen LogP contribution is 2.28. The van der Waals surface area contributed by atoms with Gasteiger partial charge in [0.1, 0.15) is 0 Å². The monoisotopic (exact) mass is 286 g/mol. The highest BCUT2D eigenvalue weighted by molar-refractivity contribution is 5.96. The molecule has 1 atom stereocenters. The van der Waals surface area contributed by atoms with Crippen LogP contribution in [0, 0.1) is 5.92 Å². The van der Waals surface area contributed by atoms with Crippen LogP contribution < -0.4 is 10.6 Å². The first-order valence-corrected chi connectivity index (χ1v) is 8.41. The normalized spacial score (nSPS) is 29.4. The van der Waals surface area contributed by atoms with Crippen molar-refractivity contribution in [1.29, 1.82) is 0 Å². The summed E-state index contributed by atoms with van der Waals surface area (Å²) in [5.74, 6) is 1.04. The van der Waals surface area contributed by atoms with E-state index in [0.29, 0.717) is 6.04 Å². The van der Waals surface area contributed by atoms with Gasteiger partial charge in [0.15, 0.2) is 0 Å². The molecule has 1 amide bonds. The van der Waals surface area contributed by atoms with Crippen LogP contribution in [-0.2, 0) is 11.2 Å². The van der Waals surface area contributed by atoms with Gasteiger partial charge in [0.25, 0.3) is 0 Å². The number of hydrogen-bond donors (Lipinski definition) is 2. The number of anilines is 1. The van der Waals surface area contributed by atoms with E-state index in [2.05, 4.69) is 23.6 Å². The predicted octanol–water partition coefficient (Wildman–Crippen LogP) is 3.50. The summed E-state index contributed by atoms with van der Waals surface area (Å²) in [5, 5.41) is 6.70. The second kappa shape index (κ2) is 6.61. The van der Waals surface area contributed by atoms with Gasteiger partial charge in [0.2, 0.25) is 5.91 Å². The van der Waals surface area contributed by atoms with E-state index in [0.717, 1.165) is 24.4 Å². The molecule has 2 aliphatic rings. The molecule has 0 spiro atoms. The van der Waals surface area contributed by atoms with Crippen LogP contribution in [0.3, 0.4) is 0 Å². The molecule has 0 bridgehead atoms. The third-order valence-electron chi connectivity index (χ3n) is 5.16. The molecule has 2 N–H and O–H groups in total. The lowest BCUT2D eigenvalue weighted by Crippen LogP contribution is -2.46. The summed E-state index contributed by atoms with van der Waals surface area (Å²) in [6, 6.07) is 8.63. The Hall–Kier alpha value is -1.35. The number of carbonyl (C=O) groups excluding carboxylic acids is 1. The first-order chi connectivity index (χ1) is 10.3. The molecular formula is C18H26N2O. The minimum Gasteiger partial charge on any atom is -0.324 e. The summed E-state index contributed by atoms with van der Waals surface area (Å²) in [4.78, 5) is 12.4. The van der Waals surface area contributed by atoms with Crippen molar-refractivity contribution in [3.63, 3.8) is 0 Å². The maximum absolute atomic E-state index is 12.4. The number of para-hydroxylation sites is 1. The van der Waals surface area contributed by atoms with Crippen LogP contribution in [0.4, 0.5) is 5.69 Å². The molecule has 1 saturated carbocycles. The van der Waals surface area contributed by atoms with E-state index in [-0.39, 0.29) is 11.9 Å². The molecule has 3 rings (SSSR count). The van der Waals surface area contributed by atoms with Crippen LogP contribution in [0.2, 0.25) is 0 Å². The largest absolute Gasteiger partial charge is 0.324 e. The van der Waals surface area contributed by atoms with Gasteiger partial charge in [-0.15, -0.1) is 0 Å². The summed E-state index contributed by atoms with van der Waals surface area (Å²) in [5.41, 5.74) is 2.24. The van der Waals surface area contributed by atoms with E-state index >= 15 is 0 Å². The van der Waals surface area contributed by atoms with Crippen molar-refractivity contribution in [3.05, 3.63) is 29.8 Å². The number of rotatable bonds is 3. The third kappa shape index (κ3) is 3.46. The van der Waals surface area contributed by atoms with Crippen molar-refractivity contribution >= 4 is 11.6 Å². The maximum atomic E-state index is 12.4. The second-order valence-electron chi connectivity index (χ2n) is 6.53. The van der Waals surface area contributed by atoms with Gasteiger partial charge >= 0.3 is 0 Å². The molecule has 0 aromatic heterocycles. The van der Waals surface area contributed by atoms with Crippen LogP contribution in [0.1, 0.15) is 51.0 Å². The summed E-state index contributed by atoms with van der Waals surface area (Å²) in [6.07, 6.45) is 8.22. The summed E-state index contributed by atoms with van der Waals surface area (Å²) < 4.78 is 0. The van der Waals surface area contributed by atoms with Crippen LogP contribution in [0.25, 0.3) is 0 Å². The van der Waals surface area contributed by atoms with Gasteiger partial charge in [0, 0.05) is 11.7 Å². The van der Waals surface area contributed by atoms with E-state index in [1.54, 1.807) is 0 Å². The highest BCUT2D eigenvalue weighted by Gasteiger charge is 2.27. The molecule has 3 nitrogen and oxygen atoms in total. The molecular weight excluding hydrogens is 260 g/mol. The molecule has 0 radical (unpaired) electrons. The zero-order valence-electron chi connectivity index (χ0n) is 12.9. The number of carbonyl (C=O) groups is 1. The summed E-state index contributed by atoms with van der Waals surface area (Å²) in [7, 11) is 0. The number of aryl methyl sites for hydroxylation is 1. The summed E-state index contributed by atoms with van der Waals surface area (Å²) >= 11 is 0. The Kier molecular flexibility index (Phi) is 4.59. The fraction of sp³-hybridized carbons (Fsp3) is 0.611. The fourth-order valence-electron chi connectivity index (χ4n) is 3.69. The van der Waals surface area contributed by atoms with Gasteiger partial charge in [-0.2, -0.15) is 0 Å². The van der Waals surface area contributed by atoms with E-state index in [4.69, 9.17) is 0 Å². The van der Waals surface area contributed by atoms with E-state index in [9.17, 15) is 4.79 Å². The van der Waals surface area contributed by atoms with Crippen molar-refractivity contribution in [2.75, 3.05) is 5.32 Å². The minimum absolute atomic E-state index is 0.0411. The van der Waals surface area contributed by atoms with Gasteiger partial charge < -0.3 is 10.6 Å². The van der Waals surface area contributed by atoms with Gasteiger partial charge in [-0.05, 0) is 56.1 Å². The van der Waals surface area contributed by atoms with Crippen molar-refractivity contribution in [2.24, 2.45) is 5.92 Å². The van der Waals surface area contributed by atoms with Gasteiger partial charge in [-0.3, -0.25) is 4.79 Å². The molecule has 114 valence electrons. The fourth-order valence-corrected chi connectivity index (χ4v) is 3.69. The lowest BCUT2D eigenvalue weighted by atomic mass is 9.84. The minimum atomic E-state index is -0.0411. The van der Waals surface area contributed by atoms with E-state index < -0.39 is 0 Å². The van der Waals surface area contributed by atoms with Crippen LogP contribution in [0.5, 0.6) is 0 Å². The lowest BCUT2D eigenvalue weighted by Gasteiger charge is -2.31. The second-order valence-corrected chi connectivity index (χ2v) is 6.53. The molecule has 1 aliphatic carbocycles. The van der Waals surface area contributed by atoms with Crippen molar-refractivity contribution in [1.82, 2.24) is 5.32 Å². The quantitative estimate of drug-likeness (QED) is 0.893. The molecule has 3 heteroatoms. The summed E-state index contributed by atoms with van der Waals surface area (Å²) in [6.45, 7) is 2.29. The SMILES string of the molecule is CCC1CCC(NC2CCc3ccccc3NC2=O)CC1. The number of nitrogens with one attached hydrogen (secondary N) is 2. The highest BCUT2D eigenvalue weighted by atomic mass is 16.2. The van der Waals surface area contributed by atoms with Crippen molar-refractivity contribution in [2.45, 2.75) is 64.0 Å². The number of fused-ring (bicyclic) bond motifs is 1. The van der Waals surface area contributed by atoms with Gasteiger partial charge in [-0.25, -0.2) is 0 Å². The lowest BCUT2D eigenvalue weighted by molar-refractivity contribution is -0.118. The molecule has 21 heavy (non-hydrogen) atoms. The zero-order valence-corrected chi connectivity index (χ0v) is 12.9. The molecule has 1 unspecified atom stereocenters. The Morgan fingerprint density at radius 2 is 1.90 bits per heavy atom. The smallest absolute Gasteiger partial charge is 0.241 e. The standard InChI is InChI=1S/C18H26N2O/c1-2-13-7-10-15(11-8-13)19-17-12-9-14-5-3-4-6-16(14)20-18(17)21/h3-6,13,15,17,19H,2,7-12H2,1H3,(H,20,21). The number of amides is 1. The molecule has 1 aliphatic heterocycles. The molecule has 1 aromatic rings. The van der Waals surface area contributed by atoms with Gasteiger partial charge in [-0.1, -0.05) is 31.5 Å². The first kappa shape index (κ1) is 14.6. The van der Waals surface area contributed by atoms with Crippen molar-refractivity contribution in [3.8, 4) is 0 Å². The van der Waals surface area contributed by atoms with Crippen LogP contribution >= 0.6 is 0 Å². The molecule has 0 saturated heterocycles. The van der Waals surface area contributed by atoms with E-state index in [1.807, 2.05) is 18.2 Å². The van der Waals surface area contributed by atoms with Gasteiger partial charge in [0.05, 0.1) is 6.04 Å². The zero-order chi connectivity index (χ0) is 14.7. The van der Waals surface area contributed by atoms with Crippen LogP contribution in [-0.4, -0.2) is 18.0 Å². The average molecular weight is 286 g/mol. The Bertz CT molecular complexity index is 492. The topological polar surface area (TPSA) is 41.1 Å². The van der Waals surface area contributed by atoms with Crippen LogP contribution in [0.15, 0.2) is 24.3 Å². The maximum Gasteiger partial charge on any atom is 0.241 e. The third-order valence-corrected chi connectivity index (χ3v) is 5.16. The number of benzene rings is 1. The Labute approximate surface area is 127 Å². The Morgan fingerprint density at radius 1 is 1.14 bits per heavy atom. The molecule has 1 aromatic carbocycles. The van der Waals surface area contributed by atoms with E-state index in [1.165, 1.54) is 37.7 Å². The Morgan fingerprint density at radius 3 is 2.67 bits per heavy atom. The van der Waals surface area contributed by atoms with Crippen molar-refractivity contribution < 1.29 is 4.79 Å². The first-order valence-electron chi connectivity index (χ1n) is 8.41. The Balaban J connectivity index is 1.59.